The second-order valence-corrected chi connectivity index (χ2v) is 8.30. The van der Waals surface area contributed by atoms with Crippen LogP contribution in [0.1, 0.15) is 44.0 Å². The van der Waals surface area contributed by atoms with E-state index >= 15 is 0 Å². The number of hydrogen-bond acceptors (Lipinski definition) is 3. The van der Waals surface area contributed by atoms with Crippen LogP contribution in [0.4, 0.5) is 5.69 Å². The van der Waals surface area contributed by atoms with Crippen molar-refractivity contribution in [3.8, 4) is 0 Å². The molecule has 1 amide bonds. The SMILES string of the molecule is Cc1cc(C(=O)Nc2ccc(Cn3nc(C)c(CC(=O)O)c3C)cc2)c(C)cc1Br. The molecule has 3 rings (SSSR count). The Morgan fingerprint density at radius 1 is 1.07 bits per heavy atom. The summed E-state index contributed by atoms with van der Waals surface area (Å²) in [6.45, 7) is 8.11. The van der Waals surface area contributed by atoms with Gasteiger partial charge in [0.05, 0.1) is 18.7 Å². The lowest BCUT2D eigenvalue weighted by molar-refractivity contribution is -0.136. The Hall–Kier alpha value is -2.93. The number of aryl methyl sites for hydroxylation is 3. The standard InChI is InChI=1S/C23H24BrN3O3/c1-13-10-21(24)14(2)9-19(13)23(30)25-18-7-5-17(6-8-18)12-27-16(4)20(11-22(28)29)15(3)26-27/h5-10H,11-12H2,1-4H3,(H,25,30)(H,28,29). The van der Waals surface area contributed by atoms with Crippen molar-refractivity contribution >= 4 is 33.5 Å². The first-order valence-corrected chi connectivity index (χ1v) is 10.4. The fraction of sp³-hybridized carbons (Fsp3) is 0.261. The summed E-state index contributed by atoms with van der Waals surface area (Å²) in [5, 5.41) is 16.5. The van der Waals surface area contributed by atoms with Gasteiger partial charge >= 0.3 is 5.97 Å². The molecule has 0 fully saturated rings. The van der Waals surface area contributed by atoms with Crippen LogP contribution < -0.4 is 5.32 Å². The third-order valence-electron chi connectivity index (χ3n) is 5.15. The highest BCUT2D eigenvalue weighted by Crippen LogP contribution is 2.22. The molecule has 0 aliphatic carbocycles. The molecule has 0 unspecified atom stereocenters. The summed E-state index contributed by atoms with van der Waals surface area (Å²) in [5.74, 6) is -1.01. The molecule has 2 N–H and O–H groups in total. The highest BCUT2D eigenvalue weighted by Gasteiger charge is 2.15. The Morgan fingerprint density at radius 3 is 2.37 bits per heavy atom. The summed E-state index contributed by atoms with van der Waals surface area (Å²) >= 11 is 3.49. The summed E-state index contributed by atoms with van der Waals surface area (Å²) in [4.78, 5) is 23.7. The smallest absolute Gasteiger partial charge is 0.307 e. The van der Waals surface area contributed by atoms with Crippen LogP contribution in [0.3, 0.4) is 0 Å². The zero-order valence-electron chi connectivity index (χ0n) is 17.4. The molecule has 30 heavy (non-hydrogen) atoms. The quantitative estimate of drug-likeness (QED) is 0.542. The third-order valence-corrected chi connectivity index (χ3v) is 6.01. The number of carboxylic acid groups (broad SMARTS) is 1. The van der Waals surface area contributed by atoms with Gasteiger partial charge < -0.3 is 10.4 Å². The normalized spacial score (nSPS) is 10.8. The van der Waals surface area contributed by atoms with E-state index in [1.807, 2.05) is 68.8 Å². The lowest BCUT2D eigenvalue weighted by Gasteiger charge is -2.11. The summed E-state index contributed by atoms with van der Waals surface area (Å²) in [6.07, 6.45) is -0.0302. The highest BCUT2D eigenvalue weighted by molar-refractivity contribution is 9.10. The minimum Gasteiger partial charge on any atom is -0.481 e. The van der Waals surface area contributed by atoms with Gasteiger partial charge in [-0.25, -0.2) is 0 Å². The van der Waals surface area contributed by atoms with E-state index in [2.05, 4.69) is 26.3 Å². The molecule has 0 aliphatic heterocycles. The van der Waals surface area contributed by atoms with Gasteiger partial charge in [0.1, 0.15) is 0 Å². The number of aromatic nitrogens is 2. The number of carbonyl (C=O) groups is 2. The van der Waals surface area contributed by atoms with Crippen molar-refractivity contribution in [3.05, 3.63) is 80.1 Å². The Bertz CT molecular complexity index is 1120. The lowest BCUT2D eigenvalue weighted by Crippen LogP contribution is -2.14. The van der Waals surface area contributed by atoms with E-state index in [1.54, 1.807) is 0 Å². The van der Waals surface area contributed by atoms with Crippen molar-refractivity contribution in [2.75, 3.05) is 5.32 Å². The first-order chi connectivity index (χ1) is 14.2. The number of benzene rings is 2. The van der Waals surface area contributed by atoms with Crippen LogP contribution in [0.15, 0.2) is 40.9 Å². The van der Waals surface area contributed by atoms with E-state index < -0.39 is 5.97 Å². The fourth-order valence-electron chi connectivity index (χ4n) is 3.39. The predicted molar refractivity (Wildman–Crippen MR) is 120 cm³/mol. The zero-order valence-corrected chi connectivity index (χ0v) is 19.0. The number of nitrogens with zero attached hydrogens (tertiary/aromatic N) is 2. The van der Waals surface area contributed by atoms with Crippen molar-refractivity contribution in [2.45, 2.75) is 40.7 Å². The van der Waals surface area contributed by atoms with Crippen LogP contribution in [-0.4, -0.2) is 26.8 Å². The molecule has 0 spiro atoms. The molecule has 1 heterocycles. The van der Waals surface area contributed by atoms with Crippen molar-refractivity contribution in [3.63, 3.8) is 0 Å². The molecule has 0 atom stereocenters. The van der Waals surface area contributed by atoms with Crippen molar-refractivity contribution in [2.24, 2.45) is 0 Å². The van der Waals surface area contributed by atoms with Gasteiger partial charge in [0, 0.05) is 27.0 Å². The third kappa shape index (κ3) is 4.79. The fourth-order valence-corrected chi connectivity index (χ4v) is 3.84. The van der Waals surface area contributed by atoms with Crippen molar-refractivity contribution < 1.29 is 14.7 Å². The molecule has 6 nitrogen and oxygen atoms in total. The molecule has 7 heteroatoms. The molecule has 2 aromatic carbocycles. The molecule has 156 valence electrons. The maximum Gasteiger partial charge on any atom is 0.307 e. The summed E-state index contributed by atoms with van der Waals surface area (Å²) in [6, 6.07) is 11.4. The number of rotatable bonds is 6. The van der Waals surface area contributed by atoms with Crippen LogP contribution in [0.2, 0.25) is 0 Å². The summed E-state index contributed by atoms with van der Waals surface area (Å²) in [7, 11) is 0. The number of halogens is 1. The minimum atomic E-state index is -0.864. The number of amides is 1. The van der Waals surface area contributed by atoms with E-state index in [-0.39, 0.29) is 12.3 Å². The number of aliphatic carboxylic acids is 1. The molecule has 3 aromatic rings. The van der Waals surface area contributed by atoms with E-state index in [0.717, 1.165) is 38.1 Å². The predicted octanol–water partition coefficient (Wildman–Crippen LogP) is 4.81. The van der Waals surface area contributed by atoms with Crippen LogP contribution in [0, 0.1) is 27.7 Å². The largest absolute Gasteiger partial charge is 0.481 e. The van der Waals surface area contributed by atoms with Crippen molar-refractivity contribution in [1.82, 2.24) is 9.78 Å². The molecule has 0 bridgehead atoms. The lowest BCUT2D eigenvalue weighted by atomic mass is 10.0. The molecule has 0 radical (unpaired) electrons. The topological polar surface area (TPSA) is 84.2 Å². The first-order valence-electron chi connectivity index (χ1n) is 9.57. The maximum absolute atomic E-state index is 12.7. The van der Waals surface area contributed by atoms with Gasteiger partial charge in [-0.05, 0) is 68.7 Å². The zero-order chi connectivity index (χ0) is 22.0. The van der Waals surface area contributed by atoms with Crippen LogP contribution >= 0.6 is 15.9 Å². The van der Waals surface area contributed by atoms with Gasteiger partial charge in [0.15, 0.2) is 0 Å². The summed E-state index contributed by atoms with van der Waals surface area (Å²) < 4.78 is 2.80. The van der Waals surface area contributed by atoms with Crippen LogP contribution in [-0.2, 0) is 17.8 Å². The number of carbonyl (C=O) groups excluding carboxylic acids is 1. The van der Waals surface area contributed by atoms with Crippen molar-refractivity contribution in [1.29, 1.82) is 0 Å². The molecular formula is C23H24BrN3O3. The van der Waals surface area contributed by atoms with Gasteiger partial charge in [-0.2, -0.15) is 5.10 Å². The second-order valence-electron chi connectivity index (χ2n) is 7.44. The minimum absolute atomic E-state index is 0.0302. The number of nitrogens with one attached hydrogen (secondary N) is 1. The molecule has 1 aromatic heterocycles. The Labute approximate surface area is 184 Å². The average Bonchev–Trinajstić information content (AvgIpc) is 2.93. The number of anilines is 1. The molecule has 0 saturated carbocycles. The van der Waals surface area contributed by atoms with Gasteiger partial charge in [-0.3, -0.25) is 14.3 Å². The van der Waals surface area contributed by atoms with E-state index in [4.69, 9.17) is 5.11 Å². The maximum atomic E-state index is 12.7. The summed E-state index contributed by atoms with van der Waals surface area (Å²) in [5.41, 5.74) is 6.63. The molecular weight excluding hydrogens is 446 g/mol. The van der Waals surface area contributed by atoms with E-state index in [1.165, 1.54) is 0 Å². The second kappa shape index (κ2) is 8.83. The monoisotopic (exact) mass is 469 g/mol. The molecule has 0 aliphatic rings. The van der Waals surface area contributed by atoms with E-state index in [0.29, 0.717) is 17.8 Å². The first kappa shape index (κ1) is 21.8. The van der Waals surface area contributed by atoms with Crippen LogP contribution in [0.5, 0.6) is 0 Å². The number of hydrogen-bond donors (Lipinski definition) is 2. The van der Waals surface area contributed by atoms with Gasteiger partial charge in [-0.1, -0.05) is 28.1 Å². The van der Waals surface area contributed by atoms with Gasteiger partial charge in [-0.15, -0.1) is 0 Å². The van der Waals surface area contributed by atoms with Gasteiger partial charge in [0.2, 0.25) is 0 Å². The van der Waals surface area contributed by atoms with E-state index in [9.17, 15) is 9.59 Å². The van der Waals surface area contributed by atoms with Crippen LogP contribution in [0.25, 0.3) is 0 Å². The average molecular weight is 470 g/mol. The highest BCUT2D eigenvalue weighted by atomic mass is 79.9. The Kier molecular flexibility index (Phi) is 6.41. The van der Waals surface area contributed by atoms with Gasteiger partial charge in [0.25, 0.3) is 5.91 Å². The molecule has 0 saturated heterocycles. The Morgan fingerprint density at radius 2 is 1.73 bits per heavy atom. The number of carboxylic acids is 1. The Balaban J connectivity index is 1.72.